The lowest BCUT2D eigenvalue weighted by atomic mass is 10.2. The Bertz CT molecular complexity index is 853. The third-order valence-electron chi connectivity index (χ3n) is 3.31. The standard InChI is InChI=1S/C16H15BrFNO4S/c1-23-16(20)11-4-7-14(8-5-11)19(24(2,21)22)10-12-3-6-13(18)9-15(12)17/h3-9H,10H2,1-2H3. The minimum atomic E-state index is -3.58. The first-order chi connectivity index (χ1) is 11.2. The molecule has 0 amide bonds. The van der Waals surface area contributed by atoms with Crippen LogP contribution in [0.2, 0.25) is 0 Å². The highest BCUT2D eigenvalue weighted by Crippen LogP contribution is 2.25. The van der Waals surface area contributed by atoms with E-state index in [4.69, 9.17) is 0 Å². The van der Waals surface area contributed by atoms with Gasteiger partial charge in [0, 0.05) is 4.47 Å². The number of halogens is 2. The summed E-state index contributed by atoms with van der Waals surface area (Å²) < 4.78 is 43.7. The van der Waals surface area contributed by atoms with E-state index in [9.17, 15) is 17.6 Å². The molecule has 0 radical (unpaired) electrons. The average molecular weight is 416 g/mol. The Kier molecular flexibility index (Phi) is 5.61. The number of esters is 1. The van der Waals surface area contributed by atoms with Crippen molar-refractivity contribution < 1.29 is 22.3 Å². The molecule has 8 heteroatoms. The van der Waals surface area contributed by atoms with E-state index in [2.05, 4.69) is 20.7 Å². The van der Waals surface area contributed by atoms with E-state index in [1.807, 2.05) is 0 Å². The van der Waals surface area contributed by atoms with Crippen LogP contribution < -0.4 is 4.31 Å². The summed E-state index contributed by atoms with van der Waals surface area (Å²) in [5.41, 5.74) is 1.32. The smallest absolute Gasteiger partial charge is 0.337 e. The maximum absolute atomic E-state index is 13.2. The van der Waals surface area contributed by atoms with Gasteiger partial charge in [-0.25, -0.2) is 17.6 Å². The molecule has 24 heavy (non-hydrogen) atoms. The monoisotopic (exact) mass is 415 g/mol. The second-order valence-corrected chi connectivity index (χ2v) is 7.80. The van der Waals surface area contributed by atoms with E-state index in [0.29, 0.717) is 21.3 Å². The number of benzene rings is 2. The van der Waals surface area contributed by atoms with Gasteiger partial charge >= 0.3 is 5.97 Å². The summed E-state index contributed by atoms with van der Waals surface area (Å²) in [5, 5.41) is 0. The van der Waals surface area contributed by atoms with Gasteiger partial charge in [-0.15, -0.1) is 0 Å². The van der Waals surface area contributed by atoms with Crippen LogP contribution in [0, 0.1) is 5.82 Å². The van der Waals surface area contributed by atoms with Crippen LogP contribution in [0.1, 0.15) is 15.9 Å². The number of sulfonamides is 1. The van der Waals surface area contributed by atoms with Gasteiger partial charge in [0.1, 0.15) is 5.82 Å². The predicted molar refractivity (Wildman–Crippen MR) is 92.9 cm³/mol. The quantitative estimate of drug-likeness (QED) is 0.702. The fourth-order valence-electron chi connectivity index (χ4n) is 2.09. The summed E-state index contributed by atoms with van der Waals surface area (Å²) in [5.74, 6) is -0.923. The number of nitrogens with zero attached hydrogens (tertiary/aromatic N) is 1. The molecule has 2 aromatic rings. The predicted octanol–water partition coefficient (Wildman–Crippen LogP) is 3.34. The van der Waals surface area contributed by atoms with Crippen molar-refractivity contribution >= 4 is 37.6 Å². The van der Waals surface area contributed by atoms with Gasteiger partial charge in [0.15, 0.2) is 0 Å². The molecular weight excluding hydrogens is 401 g/mol. The summed E-state index contributed by atoms with van der Waals surface area (Å²) in [4.78, 5) is 11.5. The minimum Gasteiger partial charge on any atom is -0.465 e. The van der Waals surface area contributed by atoms with Gasteiger partial charge in [-0.05, 0) is 42.0 Å². The zero-order chi connectivity index (χ0) is 17.9. The van der Waals surface area contributed by atoms with Crippen molar-refractivity contribution in [1.29, 1.82) is 0 Å². The zero-order valence-electron chi connectivity index (χ0n) is 13.0. The van der Waals surface area contributed by atoms with Crippen molar-refractivity contribution in [2.45, 2.75) is 6.54 Å². The van der Waals surface area contributed by atoms with Crippen LogP contribution in [0.3, 0.4) is 0 Å². The number of hydrogen-bond acceptors (Lipinski definition) is 4. The SMILES string of the molecule is COC(=O)c1ccc(N(Cc2ccc(F)cc2Br)S(C)(=O)=O)cc1. The Morgan fingerprint density at radius 1 is 1.21 bits per heavy atom. The third-order valence-corrected chi connectivity index (χ3v) is 5.18. The highest BCUT2D eigenvalue weighted by atomic mass is 79.9. The van der Waals surface area contributed by atoms with E-state index in [1.165, 1.54) is 53.9 Å². The summed E-state index contributed by atoms with van der Waals surface area (Å²) in [7, 11) is -2.31. The second-order valence-electron chi connectivity index (χ2n) is 5.04. The fraction of sp³-hybridized carbons (Fsp3) is 0.188. The van der Waals surface area contributed by atoms with Crippen molar-refractivity contribution in [3.05, 3.63) is 63.9 Å². The first-order valence-corrected chi connectivity index (χ1v) is 9.46. The number of anilines is 1. The van der Waals surface area contributed by atoms with Crippen LogP contribution >= 0.6 is 15.9 Å². The van der Waals surface area contributed by atoms with Crippen LogP contribution in [0.4, 0.5) is 10.1 Å². The lowest BCUT2D eigenvalue weighted by Gasteiger charge is -2.23. The lowest BCUT2D eigenvalue weighted by Crippen LogP contribution is -2.29. The third kappa shape index (κ3) is 4.33. The highest BCUT2D eigenvalue weighted by Gasteiger charge is 2.19. The first-order valence-electron chi connectivity index (χ1n) is 6.82. The molecule has 0 saturated heterocycles. The summed E-state index contributed by atoms with van der Waals surface area (Å²) in [6.07, 6.45) is 1.08. The molecule has 0 aliphatic heterocycles. The molecule has 2 rings (SSSR count). The largest absolute Gasteiger partial charge is 0.465 e. The maximum Gasteiger partial charge on any atom is 0.337 e. The van der Waals surface area contributed by atoms with Gasteiger partial charge in [-0.3, -0.25) is 4.31 Å². The molecule has 128 valence electrons. The Morgan fingerprint density at radius 3 is 2.33 bits per heavy atom. The highest BCUT2D eigenvalue weighted by molar-refractivity contribution is 9.10. The zero-order valence-corrected chi connectivity index (χ0v) is 15.4. The van der Waals surface area contributed by atoms with Crippen LogP contribution in [-0.4, -0.2) is 27.8 Å². The normalized spacial score (nSPS) is 11.2. The molecule has 0 fully saturated rings. The molecule has 0 heterocycles. The number of carbonyl (C=O) groups is 1. The van der Waals surface area contributed by atoms with Gasteiger partial charge in [0.2, 0.25) is 10.0 Å². The summed E-state index contributed by atoms with van der Waals surface area (Å²) in [6, 6.07) is 10.1. The Labute approximate surface area is 148 Å². The van der Waals surface area contributed by atoms with E-state index in [0.717, 1.165) is 6.26 Å². The fourth-order valence-corrected chi connectivity index (χ4v) is 3.44. The van der Waals surface area contributed by atoms with Gasteiger partial charge in [-0.2, -0.15) is 0 Å². The summed E-state index contributed by atoms with van der Waals surface area (Å²) in [6.45, 7) is 0.0251. The molecule has 2 aromatic carbocycles. The van der Waals surface area contributed by atoms with E-state index >= 15 is 0 Å². The Balaban J connectivity index is 2.37. The van der Waals surface area contributed by atoms with Crippen LogP contribution in [0.15, 0.2) is 46.9 Å². The number of ether oxygens (including phenoxy) is 1. The van der Waals surface area contributed by atoms with Gasteiger partial charge < -0.3 is 4.74 Å². The molecule has 0 aliphatic carbocycles. The van der Waals surface area contributed by atoms with Gasteiger partial charge in [-0.1, -0.05) is 22.0 Å². The molecule has 0 aromatic heterocycles. The molecular formula is C16H15BrFNO4S. The number of methoxy groups -OCH3 is 1. The molecule has 0 atom stereocenters. The topological polar surface area (TPSA) is 63.7 Å². The van der Waals surface area contributed by atoms with Crippen molar-refractivity contribution in [2.24, 2.45) is 0 Å². The van der Waals surface area contributed by atoms with Crippen LogP contribution in [0.5, 0.6) is 0 Å². The molecule has 0 aliphatic rings. The molecule has 0 bridgehead atoms. The van der Waals surface area contributed by atoms with Crippen LogP contribution in [0.25, 0.3) is 0 Å². The molecule has 0 saturated carbocycles. The van der Waals surface area contributed by atoms with E-state index in [1.54, 1.807) is 0 Å². The molecule has 0 spiro atoms. The lowest BCUT2D eigenvalue weighted by molar-refractivity contribution is 0.0600. The molecule has 0 unspecified atom stereocenters. The number of carbonyl (C=O) groups excluding carboxylic acids is 1. The van der Waals surface area contributed by atoms with E-state index in [-0.39, 0.29) is 6.54 Å². The van der Waals surface area contributed by atoms with Crippen molar-refractivity contribution in [2.75, 3.05) is 17.7 Å². The Morgan fingerprint density at radius 2 is 1.83 bits per heavy atom. The van der Waals surface area contributed by atoms with Crippen molar-refractivity contribution in [3.63, 3.8) is 0 Å². The minimum absolute atomic E-state index is 0.0251. The number of hydrogen-bond donors (Lipinski definition) is 0. The number of rotatable bonds is 5. The first kappa shape index (κ1) is 18.4. The van der Waals surface area contributed by atoms with Gasteiger partial charge in [0.25, 0.3) is 0 Å². The van der Waals surface area contributed by atoms with Crippen molar-refractivity contribution in [3.8, 4) is 0 Å². The summed E-state index contributed by atoms with van der Waals surface area (Å²) >= 11 is 3.23. The average Bonchev–Trinajstić information content (AvgIpc) is 2.52. The maximum atomic E-state index is 13.2. The van der Waals surface area contributed by atoms with E-state index < -0.39 is 21.8 Å². The molecule has 0 N–H and O–H groups in total. The van der Waals surface area contributed by atoms with Gasteiger partial charge in [0.05, 0.1) is 31.2 Å². The van der Waals surface area contributed by atoms with Crippen molar-refractivity contribution in [1.82, 2.24) is 0 Å². The van der Waals surface area contributed by atoms with Crippen LogP contribution in [-0.2, 0) is 21.3 Å². The second kappa shape index (κ2) is 7.31. The Hall–Kier alpha value is -1.93. The molecule has 5 nitrogen and oxygen atoms in total.